The summed E-state index contributed by atoms with van der Waals surface area (Å²) in [6.45, 7) is 8.90. The van der Waals surface area contributed by atoms with Crippen LogP contribution in [0.1, 0.15) is 51.0 Å². The van der Waals surface area contributed by atoms with E-state index >= 15 is 0 Å². The van der Waals surface area contributed by atoms with Crippen molar-refractivity contribution in [1.29, 1.82) is 0 Å². The van der Waals surface area contributed by atoms with Crippen LogP contribution in [0.2, 0.25) is 0 Å². The van der Waals surface area contributed by atoms with Crippen LogP contribution >= 0.6 is 0 Å². The standard InChI is InChI=1S/C14H24N4O/c1-6-7-10-18(5)12-9-8-11(16-17-12)13(19)15-14(2,3)4/h8-9H,6-7,10H2,1-5H3,(H,15,19). The van der Waals surface area contributed by atoms with Crippen LogP contribution in [0, 0.1) is 0 Å². The van der Waals surface area contributed by atoms with Crippen LogP contribution in [-0.4, -0.2) is 35.2 Å². The molecule has 0 saturated heterocycles. The smallest absolute Gasteiger partial charge is 0.272 e. The number of carbonyl (C=O) groups excluding carboxylic acids is 1. The number of anilines is 1. The predicted octanol–water partition coefficient (Wildman–Crippen LogP) is 2.24. The molecule has 1 aromatic heterocycles. The SMILES string of the molecule is CCCCN(C)c1ccc(C(=O)NC(C)(C)C)nn1. The summed E-state index contributed by atoms with van der Waals surface area (Å²) in [7, 11) is 1.98. The summed E-state index contributed by atoms with van der Waals surface area (Å²) in [5.41, 5.74) is 0.0811. The molecule has 1 heterocycles. The van der Waals surface area contributed by atoms with Crippen molar-refractivity contribution in [3.8, 4) is 0 Å². The van der Waals surface area contributed by atoms with Crippen LogP contribution in [-0.2, 0) is 0 Å². The van der Waals surface area contributed by atoms with Crippen molar-refractivity contribution in [1.82, 2.24) is 15.5 Å². The summed E-state index contributed by atoms with van der Waals surface area (Å²) in [5, 5.41) is 10.9. The first-order valence-electron chi connectivity index (χ1n) is 6.71. The first-order chi connectivity index (χ1) is 8.83. The van der Waals surface area contributed by atoms with E-state index in [9.17, 15) is 4.79 Å². The number of carbonyl (C=O) groups is 1. The largest absolute Gasteiger partial charge is 0.358 e. The highest BCUT2D eigenvalue weighted by Gasteiger charge is 2.16. The van der Waals surface area contributed by atoms with Gasteiger partial charge in [-0.1, -0.05) is 13.3 Å². The minimum absolute atomic E-state index is 0.192. The first-order valence-corrected chi connectivity index (χ1v) is 6.71. The van der Waals surface area contributed by atoms with Crippen molar-refractivity contribution in [2.24, 2.45) is 0 Å². The summed E-state index contributed by atoms with van der Waals surface area (Å²) in [4.78, 5) is 13.9. The van der Waals surface area contributed by atoms with Gasteiger partial charge in [-0.05, 0) is 39.3 Å². The third-order valence-electron chi connectivity index (χ3n) is 2.61. The molecule has 19 heavy (non-hydrogen) atoms. The molecule has 1 amide bonds. The average molecular weight is 264 g/mol. The number of nitrogens with one attached hydrogen (secondary N) is 1. The molecule has 0 fully saturated rings. The fourth-order valence-electron chi connectivity index (χ4n) is 1.56. The van der Waals surface area contributed by atoms with Crippen molar-refractivity contribution in [3.05, 3.63) is 17.8 Å². The van der Waals surface area contributed by atoms with Gasteiger partial charge in [0.1, 0.15) is 0 Å². The zero-order valence-electron chi connectivity index (χ0n) is 12.5. The number of amides is 1. The van der Waals surface area contributed by atoms with E-state index in [4.69, 9.17) is 0 Å². The maximum Gasteiger partial charge on any atom is 0.272 e. The van der Waals surface area contributed by atoms with E-state index in [0.717, 1.165) is 25.2 Å². The van der Waals surface area contributed by atoms with Crippen LogP contribution in [0.3, 0.4) is 0 Å². The summed E-state index contributed by atoms with van der Waals surface area (Å²) < 4.78 is 0. The van der Waals surface area contributed by atoms with E-state index in [0.29, 0.717) is 5.69 Å². The molecule has 0 spiro atoms. The number of hydrogen-bond acceptors (Lipinski definition) is 4. The lowest BCUT2D eigenvalue weighted by atomic mass is 10.1. The van der Waals surface area contributed by atoms with E-state index in [1.54, 1.807) is 6.07 Å². The van der Waals surface area contributed by atoms with E-state index in [1.807, 2.05) is 38.8 Å². The van der Waals surface area contributed by atoms with Gasteiger partial charge in [-0.15, -0.1) is 10.2 Å². The minimum atomic E-state index is -0.268. The van der Waals surface area contributed by atoms with Crippen molar-refractivity contribution in [2.75, 3.05) is 18.5 Å². The third-order valence-corrected chi connectivity index (χ3v) is 2.61. The number of hydrogen-bond donors (Lipinski definition) is 1. The van der Waals surface area contributed by atoms with Crippen molar-refractivity contribution < 1.29 is 4.79 Å². The van der Waals surface area contributed by atoms with Gasteiger partial charge >= 0.3 is 0 Å². The molecule has 0 saturated carbocycles. The topological polar surface area (TPSA) is 58.1 Å². The van der Waals surface area contributed by atoms with Crippen LogP contribution in [0.25, 0.3) is 0 Å². The maximum absolute atomic E-state index is 11.9. The monoisotopic (exact) mass is 264 g/mol. The number of nitrogens with zero attached hydrogens (tertiary/aromatic N) is 3. The Morgan fingerprint density at radius 1 is 1.32 bits per heavy atom. The first kappa shape index (κ1) is 15.4. The normalized spacial score (nSPS) is 11.2. The molecule has 0 aromatic carbocycles. The van der Waals surface area contributed by atoms with Crippen molar-refractivity contribution >= 4 is 11.7 Å². The molecule has 0 unspecified atom stereocenters. The summed E-state index contributed by atoms with van der Waals surface area (Å²) in [6, 6.07) is 3.55. The molecule has 0 aliphatic heterocycles. The van der Waals surface area contributed by atoms with Gasteiger partial charge in [0.25, 0.3) is 5.91 Å². The number of unbranched alkanes of at least 4 members (excludes halogenated alkanes) is 1. The highest BCUT2D eigenvalue weighted by molar-refractivity contribution is 5.92. The molecule has 1 N–H and O–H groups in total. The molecule has 5 nitrogen and oxygen atoms in total. The van der Waals surface area contributed by atoms with Crippen LogP contribution in [0.5, 0.6) is 0 Å². The van der Waals surface area contributed by atoms with Gasteiger partial charge in [-0.3, -0.25) is 4.79 Å². The molecule has 0 aliphatic carbocycles. The number of aromatic nitrogens is 2. The Morgan fingerprint density at radius 2 is 2.00 bits per heavy atom. The molecule has 1 aromatic rings. The van der Waals surface area contributed by atoms with Gasteiger partial charge in [-0.25, -0.2) is 0 Å². The molecule has 0 radical (unpaired) electrons. The van der Waals surface area contributed by atoms with Gasteiger partial charge in [0.05, 0.1) is 0 Å². The summed E-state index contributed by atoms with van der Waals surface area (Å²) >= 11 is 0. The second-order valence-corrected chi connectivity index (χ2v) is 5.76. The highest BCUT2D eigenvalue weighted by atomic mass is 16.2. The Hall–Kier alpha value is -1.65. The second-order valence-electron chi connectivity index (χ2n) is 5.76. The van der Waals surface area contributed by atoms with Crippen LogP contribution in [0.4, 0.5) is 5.82 Å². The molecule has 5 heteroatoms. The minimum Gasteiger partial charge on any atom is -0.358 e. The molecule has 106 valence electrons. The molecule has 1 rings (SSSR count). The quantitative estimate of drug-likeness (QED) is 0.886. The fourth-order valence-corrected chi connectivity index (χ4v) is 1.56. The van der Waals surface area contributed by atoms with E-state index in [2.05, 4.69) is 22.4 Å². The number of rotatable bonds is 5. The summed E-state index contributed by atoms with van der Waals surface area (Å²) in [6.07, 6.45) is 2.26. The zero-order valence-corrected chi connectivity index (χ0v) is 12.5. The lowest BCUT2D eigenvalue weighted by molar-refractivity contribution is 0.0913. The van der Waals surface area contributed by atoms with E-state index < -0.39 is 0 Å². The third kappa shape index (κ3) is 5.24. The Bertz CT molecular complexity index is 408. The Labute approximate surface area is 115 Å². The fraction of sp³-hybridized carbons (Fsp3) is 0.643. The Balaban J connectivity index is 2.68. The Kier molecular flexibility index (Phi) is 5.27. The van der Waals surface area contributed by atoms with Crippen LogP contribution < -0.4 is 10.2 Å². The lowest BCUT2D eigenvalue weighted by Gasteiger charge is -2.20. The van der Waals surface area contributed by atoms with Crippen LogP contribution in [0.15, 0.2) is 12.1 Å². The van der Waals surface area contributed by atoms with Crippen molar-refractivity contribution in [2.45, 2.75) is 46.1 Å². The molecule has 0 bridgehead atoms. The van der Waals surface area contributed by atoms with Gasteiger partial charge in [0, 0.05) is 19.1 Å². The highest BCUT2D eigenvalue weighted by Crippen LogP contribution is 2.09. The zero-order chi connectivity index (χ0) is 14.5. The maximum atomic E-state index is 11.9. The summed E-state index contributed by atoms with van der Waals surface area (Å²) in [5.74, 6) is 0.600. The molecule has 0 aliphatic rings. The predicted molar refractivity (Wildman–Crippen MR) is 77.4 cm³/mol. The molecule has 0 atom stereocenters. The molecular weight excluding hydrogens is 240 g/mol. The van der Waals surface area contributed by atoms with E-state index in [1.165, 1.54) is 0 Å². The van der Waals surface area contributed by atoms with Crippen molar-refractivity contribution in [3.63, 3.8) is 0 Å². The second kappa shape index (κ2) is 6.50. The van der Waals surface area contributed by atoms with Gasteiger partial charge < -0.3 is 10.2 Å². The van der Waals surface area contributed by atoms with Gasteiger partial charge in [0.2, 0.25) is 0 Å². The lowest BCUT2D eigenvalue weighted by Crippen LogP contribution is -2.41. The van der Waals surface area contributed by atoms with Gasteiger partial charge in [-0.2, -0.15) is 0 Å². The molecular formula is C14H24N4O. The van der Waals surface area contributed by atoms with E-state index in [-0.39, 0.29) is 11.4 Å². The van der Waals surface area contributed by atoms with Gasteiger partial charge in [0.15, 0.2) is 11.5 Å². The average Bonchev–Trinajstić information content (AvgIpc) is 2.34. The Morgan fingerprint density at radius 3 is 2.47 bits per heavy atom.